The summed E-state index contributed by atoms with van der Waals surface area (Å²) in [5.74, 6) is -1.14. The van der Waals surface area contributed by atoms with Crippen molar-refractivity contribution in [3.63, 3.8) is 0 Å². The monoisotopic (exact) mass is 341 g/mol. The molecule has 110 valence electrons. The number of hydrogen-bond acceptors (Lipinski definition) is 2. The van der Waals surface area contributed by atoms with Crippen molar-refractivity contribution in [3.8, 4) is 0 Å². The van der Waals surface area contributed by atoms with Crippen LogP contribution in [0.3, 0.4) is 0 Å². The third-order valence-electron chi connectivity index (χ3n) is 3.34. The first-order valence-corrected chi connectivity index (χ1v) is 7.40. The van der Waals surface area contributed by atoms with E-state index in [4.69, 9.17) is 5.11 Å². The molecule has 0 spiro atoms. The van der Waals surface area contributed by atoms with Crippen LogP contribution in [0.4, 0.5) is 0 Å². The third kappa shape index (κ3) is 4.63. The number of halogens is 1. The zero-order valence-electron chi connectivity index (χ0n) is 12.0. The Labute approximate surface area is 127 Å². The average Bonchev–Trinajstić information content (AvgIpc) is 2.39. The summed E-state index contributed by atoms with van der Waals surface area (Å²) in [5, 5.41) is 8.92. The number of carbonyl (C=O) groups is 2. The van der Waals surface area contributed by atoms with Gasteiger partial charge in [0.15, 0.2) is 0 Å². The average molecular weight is 342 g/mol. The Hall–Kier alpha value is -1.36. The van der Waals surface area contributed by atoms with Crippen molar-refractivity contribution in [2.75, 3.05) is 6.54 Å². The van der Waals surface area contributed by atoms with E-state index in [-0.39, 0.29) is 24.9 Å². The lowest BCUT2D eigenvalue weighted by molar-refractivity contribution is -0.145. The molecule has 20 heavy (non-hydrogen) atoms. The van der Waals surface area contributed by atoms with Gasteiger partial charge in [-0.2, -0.15) is 0 Å². The first kappa shape index (κ1) is 16.7. The molecule has 4 nitrogen and oxygen atoms in total. The molecule has 0 aliphatic carbocycles. The second-order valence-corrected chi connectivity index (χ2v) is 5.79. The molecule has 1 aromatic carbocycles. The highest BCUT2D eigenvalue weighted by molar-refractivity contribution is 9.10. The predicted molar refractivity (Wildman–Crippen MR) is 81.7 cm³/mol. The zero-order chi connectivity index (χ0) is 15.3. The summed E-state index contributed by atoms with van der Waals surface area (Å²) < 4.78 is 0.955. The number of carboxylic acid groups (broad SMARTS) is 1. The summed E-state index contributed by atoms with van der Waals surface area (Å²) in [6.07, 6.45) is 0.952. The highest BCUT2D eigenvalue weighted by Gasteiger charge is 2.21. The molecule has 0 saturated carbocycles. The molecular formula is C15H20BrNO3. The maximum atomic E-state index is 12.3. The van der Waals surface area contributed by atoms with Crippen molar-refractivity contribution in [1.82, 2.24) is 4.90 Å². The van der Waals surface area contributed by atoms with Gasteiger partial charge in [0, 0.05) is 10.5 Å². The number of carbonyl (C=O) groups excluding carboxylic acids is 1. The molecule has 5 heteroatoms. The molecule has 1 unspecified atom stereocenters. The molecule has 0 aliphatic heterocycles. The fourth-order valence-electron chi connectivity index (χ4n) is 1.88. The van der Waals surface area contributed by atoms with Crippen LogP contribution in [0.25, 0.3) is 0 Å². The second-order valence-electron chi connectivity index (χ2n) is 4.93. The predicted octanol–water partition coefficient (Wildman–Crippen LogP) is 3.01. The van der Waals surface area contributed by atoms with Crippen LogP contribution in [-0.2, 0) is 16.0 Å². The van der Waals surface area contributed by atoms with E-state index in [1.54, 1.807) is 0 Å². The Bertz CT molecular complexity index is 502. The number of aryl methyl sites for hydroxylation is 1. The Morgan fingerprint density at radius 2 is 2.05 bits per heavy atom. The SMILES string of the molecule is CCC(C)N(CC(=O)O)C(=O)Cc1ccc(C)c(Br)c1. The molecule has 0 heterocycles. The molecular weight excluding hydrogens is 322 g/mol. The van der Waals surface area contributed by atoms with E-state index in [9.17, 15) is 9.59 Å². The van der Waals surface area contributed by atoms with Gasteiger partial charge in [-0.15, -0.1) is 0 Å². The first-order valence-electron chi connectivity index (χ1n) is 6.61. The van der Waals surface area contributed by atoms with Crippen LogP contribution in [0.1, 0.15) is 31.4 Å². The fourth-order valence-corrected chi connectivity index (χ4v) is 2.30. The topological polar surface area (TPSA) is 57.6 Å². The summed E-state index contributed by atoms with van der Waals surface area (Å²) >= 11 is 3.44. The quantitative estimate of drug-likeness (QED) is 0.865. The molecule has 1 amide bonds. The zero-order valence-corrected chi connectivity index (χ0v) is 13.6. The van der Waals surface area contributed by atoms with E-state index in [1.165, 1.54) is 4.90 Å². The van der Waals surface area contributed by atoms with Gasteiger partial charge in [-0.1, -0.05) is 35.0 Å². The summed E-state index contributed by atoms with van der Waals surface area (Å²) in [6.45, 7) is 5.54. The molecule has 1 atom stereocenters. The maximum absolute atomic E-state index is 12.3. The Morgan fingerprint density at radius 3 is 2.55 bits per heavy atom. The van der Waals surface area contributed by atoms with Gasteiger partial charge in [0.25, 0.3) is 0 Å². The number of aliphatic carboxylic acids is 1. The largest absolute Gasteiger partial charge is 0.480 e. The van der Waals surface area contributed by atoms with Crippen LogP contribution in [0.2, 0.25) is 0 Å². The lowest BCUT2D eigenvalue weighted by Gasteiger charge is -2.27. The van der Waals surface area contributed by atoms with Crippen LogP contribution >= 0.6 is 15.9 Å². The minimum atomic E-state index is -0.983. The van der Waals surface area contributed by atoms with Crippen LogP contribution < -0.4 is 0 Å². The fraction of sp³-hybridized carbons (Fsp3) is 0.467. The third-order valence-corrected chi connectivity index (χ3v) is 4.19. The minimum absolute atomic E-state index is 0.0764. The van der Waals surface area contributed by atoms with Gasteiger partial charge < -0.3 is 10.0 Å². The molecule has 0 radical (unpaired) electrons. The van der Waals surface area contributed by atoms with E-state index in [1.807, 2.05) is 39.0 Å². The number of rotatable bonds is 6. The summed E-state index contributed by atoms with van der Waals surface area (Å²) in [4.78, 5) is 24.6. The molecule has 1 rings (SSSR count). The van der Waals surface area contributed by atoms with Gasteiger partial charge >= 0.3 is 5.97 Å². The van der Waals surface area contributed by atoms with Gasteiger partial charge in [-0.05, 0) is 37.5 Å². The molecule has 0 aromatic heterocycles. The van der Waals surface area contributed by atoms with E-state index in [2.05, 4.69) is 15.9 Å². The van der Waals surface area contributed by atoms with E-state index < -0.39 is 5.97 Å². The van der Waals surface area contributed by atoms with Crippen LogP contribution in [-0.4, -0.2) is 34.5 Å². The van der Waals surface area contributed by atoms with Crippen molar-refractivity contribution < 1.29 is 14.7 Å². The van der Waals surface area contributed by atoms with Gasteiger partial charge in [0.2, 0.25) is 5.91 Å². The lowest BCUT2D eigenvalue weighted by atomic mass is 10.1. The first-order chi connectivity index (χ1) is 9.35. The Kier molecular flexibility index (Phi) is 6.20. The van der Waals surface area contributed by atoms with Crippen LogP contribution in [0, 0.1) is 6.92 Å². The van der Waals surface area contributed by atoms with Gasteiger partial charge in [-0.25, -0.2) is 0 Å². The standard InChI is InChI=1S/C15H20BrNO3/c1-4-11(3)17(9-15(19)20)14(18)8-12-6-5-10(2)13(16)7-12/h5-7,11H,4,8-9H2,1-3H3,(H,19,20). The van der Waals surface area contributed by atoms with Crippen LogP contribution in [0.15, 0.2) is 22.7 Å². The van der Waals surface area contributed by atoms with Gasteiger partial charge in [0.05, 0.1) is 6.42 Å². The summed E-state index contributed by atoms with van der Waals surface area (Å²) in [6, 6.07) is 5.67. The smallest absolute Gasteiger partial charge is 0.323 e. The van der Waals surface area contributed by atoms with Crippen molar-refractivity contribution in [2.45, 2.75) is 39.7 Å². The maximum Gasteiger partial charge on any atom is 0.323 e. The van der Waals surface area contributed by atoms with Crippen molar-refractivity contribution in [1.29, 1.82) is 0 Å². The molecule has 0 bridgehead atoms. The molecule has 1 aromatic rings. The van der Waals surface area contributed by atoms with E-state index in [0.717, 1.165) is 22.0 Å². The number of hydrogen-bond donors (Lipinski definition) is 1. The second kappa shape index (κ2) is 7.43. The number of nitrogens with zero attached hydrogens (tertiary/aromatic N) is 1. The minimum Gasteiger partial charge on any atom is -0.480 e. The number of amides is 1. The van der Waals surface area contributed by atoms with E-state index >= 15 is 0 Å². The molecule has 0 fully saturated rings. The summed E-state index contributed by atoms with van der Waals surface area (Å²) in [7, 11) is 0. The van der Waals surface area contributed by atoms with Crippen molar-refractivity contribution >= 4 is 27.8 Å². The number of benzene rings is 1. The van der Waals surface area contributed by atoms with Gasteiger partial charge in [-0.3, -0.25) is 9.59 Å². The van der Waals surface area contributed by atoms with Gasteiger partial charge in [0.1, 0.15) is 6.54 Å². The Balaban J connectivity index is 2.84. The van der Waals surface area contributed by atoms with Crippen molar-refractivity contribution in [2.24, 2.45) is 0 Å². The molecule has 1 N–H and O–H groups in total. The summed E-state index contributed by atoms with van der Waals surface area (Å²) in [5.41, 5.74) is 1.98. The van der Waals surface area contributed by atoms with Crippen molar-refractivity contribution in [3.05, 3.63) is 33.8 Å². The number of carboxylic acids is 1. The van der Waals surface area contributed by atoms with E-state index in [0.29, 0.717) is 0 Å². The molecule has 0 saturated heterocycles. The normalized spacial score (nSPS) is 12.0. The van der Waals surface area contributed by atoms with Crippen LogP contribution in [0.5, 0.6) is 0 Å². The molecule has 0 aliphatic rings. The highest BCUT2D eigenvalue weighted by Crippen LogP contribution is 2.18. The highest BCUT2D eigenvalue weighted by atomic mass is 79.9. The Morgan fingerprint density at radius 1 is 1.40 bits per heavy atom. The lowest BCUT2D eigenvalue weighted by Crippen LogP contribution is -2.42.